The zero-order chi connectivity index (χ0) is 15.6. The highest BCUT2D eigenvalue weighted by molar-refractivity contribution is 7.94. The lowest BCUT2D eigenvalue weighted by atomic mass is 10.3. The van der Waals surface area contributed by atoms with E-state index >= 15 is 0 Å². The number of aryl methyl sites for hydroxylation is 2. The van der Waals surface area contributed by atoms with E-state index in [1.54, 1.807) is 19.2 Å². The number of nitrogens with two attached hydrogens (primary N) is 1. The predicted octanol–water partition coefficient (Wildman–Crippen LogP) is 0.939. The second-order valence-corrected chi connectivity index (χ2v) is 7.27. The monoisotopic (exact) mass is 329 g/mol. The smallest absolute Gasteiger partial charge is 0.272 e. The Balaban J connectivity index is 2.39. The average Bonchev–Trinajstić information content (AvgIpc) is 3.06. The zero-order valence-corrected chi connectivity index (χ0v) is 13.1. The lowest BCUT2D eigenvalue weighted by Crippen LogP contribution is -2.19. The van der Waals surface area contributed by atoms with Crippen molar-refractivity contribution in [3.8, 4) is 0 Å². The molecule has 0 unspecified atom stereocenters. The van der Waals surface area contributed by atoms with Gasteiger partial charge in [-0.2, -0.15) is 5.10 Å². The summed E-state index contributed by atoms with van der Waals surface area (Å²) in [6.07, 6.45) is 2.08. The number of rotatable bonds is 5. The highest BCUT2D eigenvalue weighted by Gasteiger charge is 2.22. The number of oxime groups is 1. The summed E-state index contributed by atoms with van der Waals surface area (Å²) in [5.41, 5.74) is 5.71. The van der Waals surface area contributed by atoms with Gasteiger partial charge < -0.3 is 10.9 Å². The van der Waals surface area contributed by atoms with Crippen LogP contribution in [0.2, 0.25) is 0 Å². The normalized spacial score (nSPS) is 12.6. The molecule has 0 radical (unpaired) electrons. The molecule has 8 nitrogen and oxygen atoms in total. The summed E-state index contributed by atoms with van der Waals surface area (Å²) in [6, 6.07) is 3.32. The van der Waals surface area contributed by atoms with Crippen LogP contribution >= 0.6 is 11.3 Å². The Labute approximate surface area is 125 Å². The number of nitrogens with zero attached hydrogens (tertiary/aromatic N) is 3. The van der Waals surface area contributed by atoms with Crippen molar-refractivity contribution in [2.45, 2.75) is 17.6 Å². The highest BCUT2D eigenvalue weighted by atomic mass is 32.2. The van der Waals surface area contributed by atoms with Crippen molar-refractivity contribution < 1.29 is 13.6 Å². The molecule has 2 aromatic rings. The second-order valence-electron chi connectivity index (χ2n) is 4.20. The molecule has 21 heavy (non-hydrogen) atoms. The molecule has 0 aliphatic rings. The maximum Gasteiger partial charge on any atom is 0.272 e. The number of sulfonamides is 1. The number of aromatic nitrogens is 2. The summed E-state index contributed by atoms with van der Waals surface area (Å²) in [5.74, 6) is -0.0852. The van der Waals surface area contributed by atoms with Crippen molar-refractivity contribution in [2.75, 3.05) is 4.72 Å². The van der Waals surface area contributed by atoms with Crippen LogP contribution in [0.4, 0.5) is 5.82 Å². The van der Waals surface area contributed by atoms with Gasteiger partial charge in [-0.1, -0.05) is 12.1 Å². The van der Waals surface area contributed by atoms with Crippen LogP contribution in [-0.4, -0.2) is 29.2 Å². The standard InChI is InChI=1S/C11H15N5O3S2/c1-3-7-4-5-9(20-7)21(18,19)15-11-8(10(12)14-17)6-13-16(11)2/h4-6,15,17H,3H2,1-2H3,(H2,12,14). The predicted molar refractivity (Wildman–Crippen MR) is 80.2 cm³/mol. The van der Waals surface area contributed by atoms with Gasteiger partial charge in [-0.3, -0.25) is 9.40 Å². The molecule has 0 aromatic carbocycles. The van der Waals surface area contributed by atoms with E-state index in [0.717, 1.165) is 11.3 Å². The van der Waals surface area contributed by atoms with Gasteiger partial charge in [0.15, 0.2) is 5.84 Å². The molecule has 0 aliphatic carbocycles. The SMILES string of the molecule is CCc1ccc(S(=O)(=O)Nc2c(C(N)=NO)cnn2C)s1. The minimum absolute atomic E-state index is 0.136. The van der Waals surface area contributed by atoms with Crippen LogP contribution in [0.3, 0.4) is 0 Å². The quantitative estimate of drug-likeness (QED) is 0.326. The molecule has 4 N–H and O–H groups in total. The first-order valence-corrected chi connectivity index (χ1v) is 8.30. The second kappa shape index (κ2) is 5.74. The molecule has 0 saturated carbocycles. The van der Waals surface area contributed by atoms with E-state index in [4.69, 9.17) is 10.9 Å². The minimum Gasteiger partial charge on any atom is -0.409 e. The first kappa shape index (κ1) is 15.3. The van der Waals surface area contributed by atoms with Crippen molar-refractivity contribution in [2.24, 2.45) is 17.9 Å². The molecule has 0 amide bonds. The summed E-state index contributed by atoms with van der Waals surface area (Å²) in [7, 11) is -2.19. The van der Waals surface area contributed by atoms with Crippen molar-refractivity contribution in [1.82, 2.24) is 9.78 Å². The third kappa shape index (κ3) is 3.00. The fraction of sp³-hybridized carbons (Fsp3) is 0.273. The largest absolute Gasteiger partial charge is 0.409 e. The molecule has 0 spiro atoms. The van der Waals surface area contributed by atoms with E-state index in [0.29, 0.717) is 0 Å². The van der Waals surface area contributed by atoms with E-state index < -0.39 is 10.0 Å². The maximum atomic E-state index is 12.4. The van der Waals surface area contributed by atoms with Gasteiger partial charge in [0, 0.05) is 11.9 Å². The van der Waals surface area contributed by atoms with Gasteiger partial charge in [-0.15, -0.1) is 11.3 Å². The number of anilines is 1. The Morgan fingerprint density at radius 2 is 2.29 bits per heavy atom. The Hall–Kier alpha value is -2.07. The first-order chi connectivity index (χ1) is 9.89. The lowest BCUT2D eigenvalue weighted by Gasteiger charge is -2.08. The van der Waals surface area contributed by atoms with Gasteiger partial charge >= 0.3 is 0 Å². The van der Waals surface area contributed by atoms with Crippen LogP contribution in [0.5, 0.6) is 0 Å². The van der Waals surface area contributed by atoms with Crippen molar-refractivity contribution >= 4 is 33.0 Å². The molecule has 2 heterocycles. The number of amidine groups is 1. The molecule has 0 saturated heterocycles. The molecule has 10 heteroatoms. The van der Waals surface area contributed by atoms with Crippen LogP contribution in [-0.2, 0) is 23.5 Å². The van der Waals surface area contributed by atoms with Crippen LogP contribution in [0.15, 0.2) is 27.7 Å². The number of nitrogens with one attached hydrogen (secondary N) is 1. The molecule has 0 fully saturated rings. The van der Waals surface area contributed by atoms with Crippen LogP contribution in [0.1, 0.15) is 17.4 Å². The fourth-order valence-electron chi connectivity index (χ4n) is 1.67. The van der Waals surface area contributed by atoms with Crippen molar-refractivity contribution in [3.63, 3.8) is 0 Å². The molecule has 0 atom stereocenters. The van der Waals surface area contributed by atoms with Crippen molar-refractivity contribution in [3.05, 3.63) is 28.8 Å². The average molecular weight is 329 g/mol. The van der Waals surface area contributed by atoms with E-state index in [9.17, 15) is 8.42 Å². The Kier molecular flexibility index (Phi) is 4.19. The van der Waals surface area contributed by atoms with Gasteiger partial charge in [-0.25, -0.2) is 8.42 Å². The summed E-state index contributed by atoms with van der Waals surface area (Å²) >= 11 is 1.20. The third-order valence-corrected chi connectivity index (χ3v) is 5.86. The summed E-state index contributed by atoms with van der Waals surface area (Å²) in [6.45, 7) is 1.95. The van der Waals surface area contributed by atoms with E-state index in [1.807, 2.05) is 6.92 Å². The molecule has 2 aromatic heterocycles. The van der Waals surface area contributed by atoms with Gasteiger partial charge in [0.05, 0.1) is 11.8 Å². The van der Waals surface area contributed by atoms with Gasteiger partial charge in [0.2, 0.25) is 0 Å². The molecular formula is C11H15N5O3S2. The van der Waals surface area contributed by atoms with Gasteiger partial charge in [0.1, 0.15) is 10.0 Å². The molecule has 2 rings (SSSR count). The Bertz CT molecular complexity index is 776. The first-order valence-electron chi connectivity index (χ1n) is 6.00. The van der Waals surface area contributed by atoms with E-state index in [-0.39, 0.29) is 21.4 Å². The minimum atomic E-state index is -3.74. The lowest BCUT2D eigenvalue weighted by molar-refractivity contribution is 0.318. The summed E-state index contributed by atoms with van der Waals surface area (Å²) in [5, 5.41) is 15.5. The maximum absolute atomic E-state index is 12.4. The highest BCUT2D eigenvalue weighted by Crippen LogP contribution is 2.25. The molecule has 0 bridgehead atoms. The number of hydrogen-bond donors (Lipinski definition) is 3. The zero-order valence-electron chi connectivity index (χ0n) is 11.4. The van der Waals surface area contributed by atoms with Crippen LogP contribution < -0.4 is 10.5 Å². The Morgan fingerprint density at radius 3 is 2.86 bits per heavy atom. The molecule has 114 valence electrons. The Morgan fingerprint density at radius 1 is 1.57 bits per heavy atom. The summed E-state index contributed by atoms with van der Waals surface area (Å²) in [4.78, 5) is 0.969. The molecule has 0 aliphatic heterocycles. The number of hydrogen-bond acceptors (Lipinski definition) is 6. The molecular weight excluding hydrogens is 314 g/mol. The van der Waals surface area contributed by atoms with E-state index in [2.05, 4.69) is 15.0 Å². The summed E-state index contributed by atoms with van der Waals surface area (Å²) < 4.78 is 28.6. The fourth-order valence-corrected chi connectivity index (χ4v) is 4.07. The third-order valence-electron chi connectivity index (χ3n) is 2.80. The number of thiophene rings is 1. The van der Waals surface area contributed by atoms with Gasteiger partial charge in [0.25, 0.3) is 10.0 Å². The van der Waals surface area contributed by atoms with E-state index in [1.165, 1.54) is 22.2 Å². The van der Waals surface area contributed by atoms with Crippen LogP contribution in [0.25, 0.3) is 0 Å². The van der Waals surface area contributed by atoms with Crippen LogP contribution in [0, 0.1) is 0 Å². The van der Waals surface area contributed by atoms with Gasteiger partial charge in [-0.05, 0) is 18.6 Å². The van der Waals surface area contributed by atoms with Crippen molar-refractivity contribution in [1.29, 1.82) is 0 Å². The topological polar surface area (TPSA) is 123 Å².